The molecule has 0 aliphatic rings. The highest BCUT2D eigenvalue weighted by molar-refractivity contribution is 5.67. The van der Waals surface area contributed by atoms with Crippen molar-refractivity contribution in [3.05, 3.63) is 17.5 Å². The number of rotatable bonds is 4. The lowest BCUT2D eigenvalue weighted by Gasteiger charge is -2.27. The van der Waals surface area contributed by atoms with Gasteiger partial charge in [-0.2, -0.15) is 5.10 Å². The van der Waals surface area contributed by atoms with Gasteiger partial charge in [0.15, 0.2) is 0 Å². The molecular weight excluding hydrogens is 256 g/mol. The second kappa shape index (κ2) is 5.83. The lowest BCUT2D eigenvalue weighted by atomic mass is 9.86. The van der Waals surface area contributed by atoms with Crippen LogP contribution in [0.1, 0.15) is 39.1 Å². The summed E-state index contributed by atoms with van der Waals surface area (Å²) in [6, 6.07) is 1.99. The van der Waals surface area contributed by atoms with Crippen molar-refractivity contribution in [1.29, 1.82) is 0 Å². The monoisotopic (exact) mass is 282 g/mol. The predicted octanol–water partition coefficient (Wildman–Crippen LogP) is 1.47. The number of hydrogen-bond acceptors (Lipinski definition) is 4. The standard InChI is InChI=1S/C14H26N4O2/c1-10-7-11(17-18(10)6)14(5,8-15)9-16-12(19)20-13(2,3)4/h7H,8-9,15H2,1-6H3,(H,16,19). The fraction of sp³-hybridized carbons (Fsp3) is 0.714. The van der Waals surface area contributed by atoms with E-state index >= 15 is 0 Å². The second-order valence-electron chi connectivity index (χ2n) is 6.41. The Labute approximate surface area is 120 Å². The van der Waals surface area contributed by atoms with Gasteiger partial charge in [0.05, 0.1) is 5.69 Å². The molecule has 0 radical (unpaired) electrons. The van der Waals surface area contributed by atoms with E-state index in [0.29, 0.717) is 13.1 Å². The van der Waals surface area contributed by atoms with Crippen LogP contribution in [0.3, 0.4) is 0 Å². The molecule has 114 valence electrons. The Bertz CT molecular complexity index is 457. The van der Waals surface area contributed by atoms with Gasteiger partial charge < -0.3 is 15.8 Å². The number of amides is 1. The Morgan fingerprint density at radius 2 is 2.05 bits per heavy atom. The molecule has 20 heavy (non-hydrogen) atoms. The minimum atomic E-state index is -0.509. The quantitative estimate of drug-likeness (QED) is 0.876. The third kappa shape index (κ3) is 4.23. The molecule has 6 nitrogen and oxygen atoms in total. The van der Waals surface area contributed by atoms with Crippen molar-refractivity contribution in [2.45, 2.75) is 45.6 Å². The van der Waals surface area contributed by atoms with Gasteiger partial charge in [-0.05, 0) is 33.8 Å². The molecule has 1 aromatic heterocycles. The van der Waals surface area contributed by atoms with E-state index in [1.54, 1.807) is 4.68 Å². The first-order valence-corrected chi connectivity index (χ1v) is 6.75. The van der Waals surface area contributed by atoms with Gasteiger partial charge >= 0.3 is 6.09 Å². The molecule has 1 unspecified atom stereocenters. The molecule has 3 N–H and O–H groups in total. The minimum absolute atomic E-state index is 0.384. The first kappa shape index (κ1) is 16.5. The molecule has 0 spiro atoms. The molecule has 1 rings (SSSR count). The highest BCUT2D eigenvalue weighted by Gasteiger charge is 2.29. The number of nitrogens with one attached hydrogen (secondary N) is 1. The Hall–Kier alpha value is -1.56. The van der Waals surface area contributed by atoms with E-state index in [-0.39, 0.29) is 0 Å². The molecule has 0 aliphatic carbocycles. The summed E-state index contributed by atoms with van der Waals surface area (Å²) < 4.78 is 7.03. The molecule has 0 aliphatic heterocycles. The van der Waals surface area contributed by atoms with Gasteiger partial charge in [0.1, 0.15) is 5.60 Å². The van der Waals surface area contributed by atoms with Crippen LogP contribution in [0.2, 0.25) is 0 Å². The van der Waals surface area contributed by atoms with Crippen LogP contribution in [0, 0.1) is 6.92 Å². The topological polar surface area (TPSA) is 82.2 Å². The van der Waals surface area contributed by atoms with E-state index in [1.165, 1.54) is 0 Å². The van der Waals surface area contributed by atoms with Gasteiger partial charge in [0.25, 0.3) is 0 Å². The summed E-state index contributed by atoms with van der Waals surface area (Å²) in [6.45, 7) is 10.2. The Balaban J connectivity index is 2.73. The average molecular weight is 282 g/mol. The van der Waals surface area contributed by atoms with Crippen molar-refractivity contribution >= 4 is 6.09 Å². The summed E-state index contributed by atoms with van der Waals surface area (Å²) in [4.78, 5) is 11.7. The zero-order valence-corrected chi connectivity index (χ0v) is 13.3. The lowest BCUT2D eigenvalue weighted by Crippen LogP contribution is -2.45. The zero-order valence-electron chi connectivity index (χ0n) is 13.3. The van der Waals surface area contributed by atoms with Crippen LogP contribution >= 0.6 is 0 Å². The molecule has 0 saturated heterocycles. The number of hydrogen-bond donors (Lipinski definition) is 2. The Kier molecular flexibility index (Phi) is 4.81. The maximum absolute atomic E-state index is 11.7. The second-order valence-corrected chi connectivity index (χ2v) is 6.41. The largest absolute Gasteiger partial charge is 0.444 e. The third-order valence-electron chi connectivity index (χ3n) is 3.20. The van der Waals surface area contributed by atoms with Gasteiger partial charge in [-0.25, -0.2) is 4.79 Å². The number of nitrogens with two attached hydrogens (primary N) is 1. The third-order valence-corrected chi connectivity index (χ3v) is 3.20. The van der Waals surface area contributed by atoms with Crippen LogP contribution in [-0.2, 0) is 17.2 Å². The van der Waals surface area contributed by atoms with Crippen molar-refractivity contribution < 1.29 is 9.53 Å². The molecule has 1 aromatic rings. The normalized spacial score (nSPS) is 14.8. The lowest BCUT2D eigenvalue weighted by molar-refractivity contribution is 0.0516. The van der Waals surface area contributed by atoms with Gasteiger partial charge in [-0.3, -0.25) is 4.68 Å². The summed E-state index contributed by atoms with van der Waals surface area (Å²) >= 11 is 0. The van der Waals surface area contributed by atoms with Gasteiger partial charge in [-0.1, -0.05) is 6.92 Å². The Morgan fingerprint density at radius 3 is 2.45 bits per heavy atom. The first-order valence-electron chi connectivity index (χ1n) is 6.75. The maximum atomic E-state index is 11.7. The molecule has 0 bridgehead atoms. The average Bonchev–Trinajstić information content (AvgIpc) is 2.65. The fourth-order valence-corrected chi connectivity index (χ4v) is 1.70. The molecule has 1 heterocycles. The summed E-state index contributed by atoms with van der Waals surface area (Å²) in [5, 5.41) is 7.22. The highest BCUT2D eigenvalue weighted by Crippen LogP contribution is 2.21. The van der Waals surface area contributed by atoms with E-state index in [2.05, 4.69) is 10.4 Å². The minimum Gasteiger partial charge on any atom is -0.444 e. The Morgan fingerprint density at radius 1 is 1.45 bits per heavy atom. The number of alkyl carbamates (subject to hydrolysis) is 1. The van der Waals surface area contributed by atoms with Crippen molar-refractivity contribution in [3.8, 4) is 0 Å². The number of ether oxygens (including phenoxy) is 1. The maximum Gasteiger partial charge on any atom is 0.407 e. The molecular formula is C14H26N4O2. The smallest absolute Gasteiger partial charge is 0.407 e. The summed E-state index contributed by atoms with van der Waals surface area (Å²) in [5.41, 5.74) is 6.87. The molecule has 0 saturated carbocycles. The summed E-state index contributed by atoms with van der Waals surface area (Å²) in [7, 11) is 1.89. The van der Waals surface area contributed by atoms with Crippen LogP contribution in [0.15, 0.2) is 6.07 Å². The number of carbonyl (C=O) groups excluding carboxylic acids is 1. The van der Waals surface area contributed by atoms with Crippen molar-refractivity contribution in [2.75, 3.05) is 13.1 Å². The van der Waals surface area contributed by atoms with Crippen LogP contribution < -0.4 is 11.1 Å². The zero-order chi connectivity index (χ0) is 15.6. The van der Waals surface area contributed by atoms with Crippen LogP contribution in [0.25, 0.3) is 0 Å². The van der Waals surface area contributed by atoms with E-state index in [9.17, 15) is 4.79 Å². The number of nitrogens with zero attached hydrogens (tertiary/aromatic N) is 2. The predicted molar refractivity (Wildman–Crippen MR) is 78.6 cm³/mol. The van der Waals surface area contributed by atoms with E-state index in [1.807, 2.05) is 47.7 Å². The van der Waals surface area contributed by atoms with Crippen LogP contribution in [0.5, 0.6) is 0 Å². The molecule has 0 aromatic carbocycles. The summed E-state index contributed by atoms with van der Waals surface area (Å²) in [6.07, 6.45) is -0.440. The van der Waals surface area contributed by atoms with Gasteiger partial charge in [0, 0.05) is 31.2 Å². The number of carbonyl (C=O) groups is 1. The van der Waals surface area contributed by atoms with Gasteiger partial charge in [0.2, 0.25) is 0 Å². The van der Waals surface area contributed by atoms with Crippen LogP contribution in [0.4, 0.5) is 4.79 Å². The van der Waals surface area contributed by atoms with Crippen molar-refractivity contribution in [3.63, 3.8) is 0 Å². The van der Waals surface area contributed by atoms with E-state index < -0.39 is 17.1 Å². The molecule has 6 heteroatoms. The summed E-state index contributed by atoms with van der Waals surface area (Å²) in [5.74, 6) is 0. The number of aromatic nitrogens is 2. The van der Waals surface area contributed by atoms with E-state index in [0.717, 1.165) is 11.4 Å². The fourth-order valence-electron chi connectivity index (χ4n) is 1.70. The highest BCUT2D eigenvalue weighted by atomic mass is 16.6. The van der Waals surface area contributed by atoms with Crippen molar-refractivity contribution in [1.82, 2.24) is 15.1 Å². The molecule has 0 fully saturated rings. The van der Waals surface area contributed by atoms with Crippen molar-refractivity contribution in [2.24, 2.45) is 12.8 Å². The van der Waals surface area contributed by atoms with Crippen LogP contribution in [-0.4, -0.2) is 34.6 Å². The van der Waals surface area contributed by atoms with Gasteiger partial charge in [-0.15, -0.1) is 0 Å². The number of aryl methyl sites for hydroxylation is 2. The SMILES string of the molecule is Cc1cc(C(C)(CN)CNC(=O)OC(C)(C)C)nn1C. The van der Waals surface area contributed by atoms with E-state index in [4.69, 9.17) is 10.5 Å². The first-order chi connectivity index (χ1) is 9.07. The molecule has 1 atom stereocenters. The molecule has 1 amide bonds.